The molecule has 1 fully saturated rings. The first-order chi connectivity index (χ1) is 15.6. The van der Waals surface area contributed by atoms with Gasteiger partial charge in [-0.25, -0.2) is 4.98 Å². The largest absolute Gasteiger partial charge is 0.338 e. The van der Waals surface area contributed by atoms with Crippen molar-refractivity contribution in [3.05, 3.63) is 81.6 Å². The van der Waals surface area contributed by atoms with Crippen LogP contribution in [0, 0.1) is 19.8 Å². The quantitative estimate of drug-likeness (QED) is 0.504. The lowest BCUT2D eigenvalue weighted by Crippen LogP contribution is -2.41. The van der Waals surface area contributed by atoms with E-state index < -0.39 is 0 Å². The molecule has 4 rings (SSSR count). The molecule has 2 aromatic heterocycles. The Morgan fingerprint density at radius 3 is 2.66 bits per heavy atom. The molecule has 1 aromatic carbocycles. The fraction of sp³-hybridized carbons (Fsp3) is 0.423. The third-order valence-corrected chi connectivity index (χ3v) is 7.11. The van der Waals surface area contributed by atoms with Crippen LogP contribution < -0.4 is 0 Å². The Bertz CT molecular complexity index is 1010. The Morgan fingerprint density at radius 1 is 1.16 bits per heavy atom. The topological polar surface area (TPSA) is 49.3 Å². The predicted octanol–water partition coefficient (Wildman–Crippen LogP) is 4.64. The summed E-state index contributed by atoms with van der Waals surface area (Å²) < 4.78 is 0. The average Bonchev–Trinajstić information content (AvgIpc) is 3.21. The van der Waals surface area contributed by atoms with Crippen molar-refractivity contribution in [2.45, 2.75) is 46.2 Å². The molecule has 0 spiro atoms. The molecule has 0 unspecified atom stereocenters. The van der Waals surface area contributed by atoms with Gasteiger partial charge < -0.3 is 4.90 Å². The molecule has 0 saturated carbocycles. The maximum absolute atomic E-state index is 13.2. The normalized spacial score (nSPS) is 15.1. The lowest BCUT2D eigenvalue weighted by Gasteiger charge is -2.35. The van der Waals surface area contributed by atoms with E-state index in [0.29, 0.717) is 18.9 Å². The highest BCUT2D eigenvalue weighted by Crippen LogP contribution is 2.22. The summed E-state index contributed by atoms with van der Waals surface area (Å²) in [6.07, 6.45) is 6.25. The predicted molar refractivity (Wildman–Crippen MR) is 129 cm³/mol. The number of carbonyl (C=O) groups is 1. The summed E-state index contributed by atoms with van der Waals surface area (Å²) in [5, 5.41) is 3.01. The van der Waals surface area contributed by atoms with E-state index >= 15 is 0 Å². The molecule has 1 saturated heterocycles. The monoisotopic (exact) mass is 448 g/mol. The number of piperidine rings is 1. The summed E-state index contributed by atoms with van der Waals surface area (Å²) in [4.78, 5) is 26.5. The molecule has 1 amide bonds. The number of benzene rings is 1. The number of aryl methyl sites for hydroxylation is 2. The summed E-state index contributed by atoms with van der Waals surface area (Å²) in [7, 11) is 0. The number of rotatable bonds is 8. The summed E-state index contributed by atoms with van der Waals surface area (Å²) in [6.45, 7) is 8.76. The number of thiazole rings is 1. The van der Waals surface area contributed by atoms with Crippen LogP contribution in [0.25, 0.3) is 0 Å². The van der Waals surface area contributed by atoms with E-state index in [2.05, 4.69) is 46.1 Å². The van der Waals surface area contributed by atoms with Crippen molar-refractivity contribution in [2.75, 3.05) is 19.6 Å². The van der Waals surface area contributed by atoms with E-state index in [-0.39, 0.29) is 5.91 Å². The van der Waals surface area contributed by atoms with Gasteiger partial charge in [-0.15, -0.1) is 11.3 Å². The number of pyridine rings is 1. The Hall–Kier alpha value is -2.57. The fourth-order valence-corrected chi connectivity index (χ4v) is 5.00. The van der Waals surface area contributed by atoms with Gasteiger partial charge in [-0.1, -0.05) is 30.3 Å². The number of aromatic nitrogens is 2. The van der Waals surface area contributed by atoms with Crippen molar-refractivity contribution in [3.8, 4) is 0 Å². The Kier molecular flexibility index (Phi) is 7.66. The van der Waals surface area contributed by atoms with Crippen LogP contribution in [-0.2, 0) is 24.3 Å². The first-order valence-corrected chi connectivity index (χ1v) is 12.3. The van der Waals surface area contributed by atoms with E-state index in [0.717, 1.165) is 55.3 Å². The van der Waals surface area contributed by atoms with Gasteiger partial charge in [0, 0.05) is 37.4 Å². The summed E-state index contributed by atoms with van der Waals surface area (Å²) in [5.41, 5.74) is 4.73. The van der Waals surface area contributed by atoms with Crippen molar-refractivity contribution < 1.29 is 4.79 Å². The third-order valence-electron chi connectivity index (χ3n) is 6.29. The number of hydrogen-bond donors (Lipinski definition) is 0. The zero-order valence-electron chi connectivity index (χ0n) is 19.0. The molecule has 6 heteroatoms. The molecule has 0 N–H and O–H groups in total. The molecular formula is C26H32N4OS. The van der Waals surface area contributed by atoms with Gasteiger partial charge in [0.1, 0.15) is 0 Å². The molecule has 1 aliphatic heterocycles. The fourth-order valence-electron chi connectivity index (χ4n) is 4.39. The number of carbonyl (C=O) groups excluding carboxylic acids is 1. The first kappa shape index (κ1) is 22.6. The molecule has 5 nitrogen and oxygen atoms in total. The second-order valence-corrected chi connectivity index (χ2v) is 9.88. The number of hydrogen-bond acceptors (Lipinski definition) is 5. The highest BCUT2D eigenvalue weighted by molar-refractivity contribution is 7.09. The van der Waals surface area contributed by atoms with Crippen LogP contribution in [0.5, 0.6) is 0 Å². The lowest BCUT2D eigenvalue weighted by atomic mass is 9.95. The van der Waals surface area contributed by atoms with Crippen molar-refractivity contribution in [2.24, 2.45) is 5.92 Å². The molecule has 3 heterocycles. The van der Waals surface area contributed by atoms with E-state index in [1.165, 1.54) is 11.1 Å². The van der Waals surface area contributed by atoms with Gasteiger partial charge in [0.2, 0.25) is 5.91 Å². The molecular weight excluding hydrogens is 416 g/mol. The smallest absolute Gasteiger partial charge is 0.228 e. The second kappa shape index (κ2) is 10.8. The molecule has 168 valence electrons. The molecule has 0 radical (unpaired) electrons. The maximum atomic E-state index is 13.2. The number of likely N-dealkylation sites (tertiary alicyclic amines) is 1. The Morgan fingerprint density at radius 2 is 1.97 bits per heavy atom. The van der Waals surface area contributed by atoms with Gasteiger partial charge in [-0.3, -0.25) is 14.7 Å². The van der Waals surface area contributed by atoms with E-state index in [1.807, 2.05) is 35.5 Å². The van der Waals surface area contributed by atoms with Gasteiger partial charge in [0.25, 0.3) is 0 Å². The van der Waals surface area contributed by atoms with Gasteiger partial charge in [0.05, 0.1) is 17.1 Å². The molecule has 0 atom stereocenters. The van der Waals surface area contributed by atoms with Crippen LogP contribution in [0.4, 0.5) is 0 Å². The molecule has 32 heavy (non-hydrogen) atoms. The van der Waals surface area contributed by atoms with Crippen LogP contribution in [0.2, 0.25) is 0 Å². The van der Waals surface area contributed by atoms with Crippen LogP contribution in [0.3, 0.4) is 0 Å². The average molecular weight is 449 g/mol. The van der Waals surface area contributed by atoms with Gasteiger partial charge in [-0.05, 0) is 68.5 Å². The number of nitrogens with zero attached hydrogens (tertiary/aromatic N) is 4. The highest BCUT2D eigenvalue weighted by Gasteiger charge is 2.24. The van der Waals surface area contributed by atoms with Crippen molar-refractivity contribution in [3.63, 3.8) is 0 Å². The Balaban J connectivity index is 1.36. The van der Waals surface area contributed by atoms with Crippen LogP contribution in [0.1, 0.15) is 40.2 Å². The molecule has 1 aliphatic rings. The van der Waals surface area contributed by atoms with Crippen molar-refractivity contribution >= 4 is 17.2 Å². The van der Waals surface area contributed by atoms with Gasteiger partial charge in [-0.2, -0.15) is 0 Å². The standard InChI is InChI=1S/C26H32N4OS/c1-20-6-3-4-8-24(20)18-29-12-9-22(10-13-29)16-30(17-23-7-5-11-27-15-23)26(31)14-25-19-32-21(2)28-25/h3-8,11,15,19,22H,9-10,12-14,16-18H2,1-2H3. The van der Waals surface area contributed by atoms with E-state index in [1.54, 1.807) is 17.5 Å². The Labute approximate surface area is 195 Å². The van der Waals surface area contributed by atoms with Crippen molar-refractivity contribution in [1.82, 2.24) is 19.8 Å². The van der Waals surface area contributed by atoms with E-state index in [4.69, 9.17) is 0 Å². The minimum Gasteiger partial charge on any atom is -0.338 e. The lowest BCUT2D eigenvalue weighted by molar-refractivity contribution is -0.132. The van der Waals surface area contributed by atoms with E-state index in [9.17, 15) is 4.79 Å². The third kappa shape index (κ3) is 6.24. The molecule has 3 aromatic rings. The zero-order chi connectivity index (χ0) is 22.3. The van der Waals surface area contributed by atoms with Crippen LogP contribution in [0.15, 0.2) is 54.2 Å². The van der Waals surface area contributed by atoms with Crippen molar-refractivity contribution in [1.29, 1.82) is 0 Å². The molecule has 0 bridgehead atoms. The number of amides is 1. The first-order valence-electron chi connectivity index (χ1n) is 11.4. The van der Waals surface area contributed by atoms with Crippen LogP contribution >= 0.6 is 11.3 Å². The minimum absolute atomic E-state index is 0.154. The minimum atomic E-state index is 0.154. The summed E-state index contributed by atoms with van der Waals surface area (Å²) in [5.74, 6) is 0.683. The molecule has 0 aliphatic carbocycles. The maximum Gasteiger partial charge on any atom is 0.228 e. The highest BCUT2D eigenvalue weighted by atomic mass is 32.1. The van der Waals surface area contributed by atoms with Gasteiger partial charge in [0.15, 0.2) is 0 Å². The van der Waals surface area contributed by atoms with Crippen LogP contribution in [-0.4, -0.2) is 45.3 Å². The summed E-state index contributed by atoms with van der Waals surface area (Å²) in [6, 6.07) is 12.6. The van der Waals surface area contributed by atoms with Gasteiger partial charge >= 0.3 is 0 Å². The SMILES string of the molecule is Cc1nc(CC(=O)N(Cc2cccnc2)CC2CCN(Cc3ccccc3C)CC2)cs1. The summed E-state index contributed by atoms with van der Waals surface area (Å²) >= 11 is 1.60. The second-order valence-electron chi connectivity index (χ2n) is 8.82. The zero-order valence-corrected chi connectivity index (χ0v) is 19.9.